The number of guanidine groups is 1. The molecule has 214 valence electrons. The first-order chi connectivity index (χ1) is 17.5. The summed E-state index contributed by atoms with van der Waals surface area (Å²) < 4.78 is 32.8. The molecule has 0 aromatic heterocycles. The first-order valence-corrected chi connectivity index (χ1v) is 14.5. The number of nitrogens with two attached hydrogens (primary N) is 2. The molecule has 0 bridgehead atoms. The number of carboxylic acid groups (broad SMARTS) is 2. The number of fused-ring (bicyclic) bond motifs is 3. The Morgan fingerprint density at radius 2 is 1.89 bits per heavy atom. The van der Waals surface area contributed by atoms with Crippen LogP contribution in [0.5, 0.6) is 0 Å². The van der Waals surface area contributed by atoms with Crippen LogP contribution in [0.2, 0.25) is 0 Å². The van der Waals surface area contributed by atoms with E-state index in [4.69, 9.17) is 22.0 Å². The fraction of sp³-hybridized carbons (Fsp3) is 0.654. The van der Waals surface area contributed by atoms with E-state index in [0.717, 1.165) is 18.4 Å². The number of aliphatic carboxylic acids is 2. The maximum Gasteiger partial charge on any atom is 0.320 e. The van der Waals surface area contributed by atoms with Gasteiger partial charge in [0.1, 0.15) is 6.04 Å². The summed E-state index contributed by atoms with van der Waals surface area (Å²) in [7, 11) is -4.38. The topological polar surface area (TPSA) is 217 Å². The molecule has 12 heteroatoms. The smallest absolute Gasteiger partial charge is 0.320 e. The largest absolute Gasteiger partial charge is 0.481 e. The average Bonchev–Trinajstić information content (AvgIpc) is 2.80. The van der Waals surface area contributed by atoms with Crippen LogP contribution in [-0.4, -0.2) is 59.4 Å². The summed E-state index contributed by atoms with van der Waals surface area (Å²) in [5.41, 5.74) is 12.1. The molecule has 1 fully saturated rings. The van der Waals surface area contributed by atoms with E-state index >= 15 is 0 Å². The third-order valence-electron chi connectivity index (χ3n) is 8.06. The highest BCUT2D eigenvalue weighted by Crippen LogP contribution is 2.58. The van der Waals surface area contributed by atoms with Gasteiger partial charge in [-0.15, -0.1) is 0 Å². The van der Waals surface area contributed by atoms with Gasteiger partial charge in [-0.1, -0.05) is 45.4 Å². The minimum atomic E-state index is -4.38. The van der Waals surface area contributed by atoms with Crippen molar-refractivity contribution < 1.29 is 32.8 Å². The van der Waals surface area contributed by atoms with Gasteiger partial charge in [-0.05, 0) is 72.5 Å². The molecule has 0 amide bonds. The second-order valence-corrected chi connectivity index (χ2v) is 12.5. The summed E-state index contributed by atoms with van der Waals surface area (Å²) in [6.07, 6.45) is 4.13. The maximum absolute atomic E-state index is 12.2. The summed E-state index contributed by atoms with van der Waals surface area (Å²) in [6, 6.07) is 5.62. The quantitative estimate of drug-likeness (QED) is 0.102. The third-order valence-corrected chi connectivity index (χ3v) is 8.94. The summed E-state index contributed by atoms with van der Waals surface area (Å²) in [5.74, 6) is -2.80. The van der Waals surface area contributed by atoms with E-state index in [-0.39, 0.29) is 17.3 Å². The first-order valence-electron chi connectivity index (χ1n) is 12.9. The molecule has 1 aromatic carbocycles. The number of nitrogens with one attached hydrogen (secondary N) is 2. The molecule has 1 aromatic rings. The molecule has 0 unspecified atom stereocenters. The van der Waals surface area contributed by atoms with Crippen molar-refractivity contribution in [1.29, 1.82) is 5.41 Å². The fourth-order valence-corrected chi connectivity index (χ4v) is 7.29. The Balaban J connectivity index is 0.000000358. The zero-order valence-corrected chi connectivity index (χ0v) is 23.2. The monoisotopic (exact) mass is 554 g/mol. The van der Waals surface area contributed by atoms with Crippen molar-refractivity contribution in [2.75, 3.05) is 12.3 Å². The Morgan fingerprint density at radius 1 is 1.24 bits per heavy atom. The van der Waals surface area contributed by atoms with Crippen LogP contribution in [-0.2, 0) is 31.5 Å². The SMILES string of the molecule is CC(C)c1ccc2c(c1)CC[C@H]1[C@@](CS(=O)(=O)O)(C(=O)O)CCC[C@]21C.N=C(N)NCCC[C@H](N)C(=O)O. The predicted octanol–water partition coefficient (Wildman–Crippen LogP) is 2.43. The number of aryl methyl sites for hydroxylation is 1. The zero-order chi connectivity index (χ0) is 28.9. The van der Waals surface area contributed by atoms with Gasteiger partial charge in [-0.3, -0.25) is 19.6 Å². The lowest BCUT2D eigenvalue weighted by Crippen LogP contribution is -2.56. The van der Waals surface area contributed by atoms with Crippen LogP contribution in [0, 0.1) is 16.7 Å². The third kappa shape index (κ3) is 7.45. The number of carboxylic acids is 2. The van der Waals surface area contributed by atoms with Gasteiger partial charge in [0.05, 0.1) is 11.2 Å². The van der Waals surface area contributed by atoms with Gasteiger partial charge in [-0.25, -0.2) is 0 Å². The van der Waals surface area contributed by atoms with Gasteiger partial charge in [0, 0.05) is 6.54 Å². The van der Waals surface area contributed by atoms with Crippen molar-refractivity contribution in [3.8, 4) is 0 Å². The molecule has 9 N–H and O–H groups in total. The van der Waals surface area contributed by atoms with E-state index in [1.807, 2.05) is 0 Å². The Labute approximate surface area is 224 Å². The normalized spacial score (nSPS) is 25.3. The second kappa shape index (κ2) is 12.4. The Bertz CT molecular complexity index is 1140. The van der Waals surface area contributed by atoms with E-state index in [1.54, 1.807) is 0 Å². The molecule has 11 nitrogen and oxygen atoms in total. The Morgan fingerprint density at radius 3 is 2.42 bits per heavy atom. The second-order valence-electron chi connectivity index (χ2n) is 11.0. The lowest BCUT2D eigenvalue weighted by atomic mass is 9.49. The van der Waals surface area contributed by atoms with Gasteiger partial charge >= 0.3 is 11.9 Å². The standard InChI is InChI=1S/C20H28O5S.C6H14N4O2/c1-13(2)14-5-7-16-15(11-14)6-8-17-19(16,3)9-4-10-20(17,18(21)22)12-26(23,24)25;7-4(5(11)12)2-1-3-10-6(8)9/h5,7,11,13,17H,4,6,8-10,12H2,1-3H3,(H,21,22)(H,23,24,25);4H,1-3,7H2,(H,11,12)(H4,8,9,10)/t17-,19-,20-;4-/m10/s1. The molecule has 38 heavy (non-hydrogen) atoms. The lowest BCUT2D eigenvalue weighted by molar-refractivity contribution is -0.157. The lowest BCUT2D eigenvalue weighted by Gasteiger charge is -2.54. The summed E-state index contributed by atoms with van der Waals surface area (Å²) in [6.45, 7) is 6.86. The minimum absolute atomic E-state index is 0.112. The molecule has 0 radical (unpaired) electrons. The van der Waals surface area contributed by atoms with Crippen molar-refractivity contribution in [2.45, 2.75) is 83.1 Å². The van der Waals surface area contributed by atoms with E-state index in [1.165, 1.54) is 11.1 Å². The summed E-state index contributed by atoms with van der Waals surface area (Å²) in [4.78, 5) is 22.4. The van der Waals surface area contributed by atoms with Crippen LogP contribution in [0.1, 0.15) is 81.9 Å². The molecular weight excluding hydrogens is 512 g/mol. The number of benzene rings is 1. The van der Waals surface area contributed by atoms with E-state index in [2.05, 4.69) is 44.3 Å². The van der Waals surface area contributed by atoms with Crippen molar-refractivity contribution in [3.63, 3.8) is 0 Å². The fourth-order valence-electron chi connectivity index (χ4n) is 6.17. The number of rotatable bonds is 9. The van der Waals surface area contributed by atoms with Crippen LogP contribution < -0.4 is 16.8 Å². The summed E-state index contributed by atoms with van der Waals surface area (Å²) >= 11 is 0. The molecule has 0 aliphatic heterocycles. The molecule has 3 rings (SSSR count). The van der Waals surface area contributed by atoms with Crippen LogP contribution in [0.25, 0.3) is 0 Å². The number of hydrogen-bond donors (Lipinski definition) is 7. The van der Waals surface area contributed by atoms with E-state index in [0.29, 0.717) is 44.6 Å². The van der Waals surface area contributed by atoms with Gasteiger partial charge in [0.2, 0.25) is 0 Å². The Hall–Kier alpha value is -2.70. The van der Waals surface area contributed by atoms with Crippen molar-refractivity contribution >= 4 is 28.0 Å². The van der Waals surface area contributed by atoms with Crippen LogP contribution in [0.15, 0.2) is 18.2 Å². The van der Waals surface area contributed by atoms with E-state index in [9.17, 15) is 27.7 Å². The van der Waals surface area contributed by atoms with Crippen molar-refractivity contribution in [1.82, 2.24) is 5.32 Å². The molecule has 2 aliphatic rings. The van der Waals surface area contributed by atoms with Crippen molar-refractivity contribution in [3.05, 3.63) is 34.9 Å². The Kier molecular flexibility index (Phi) is 10.3. The first kappa shape index (κ1) is 31.5. The summed E-state index contributed by atoms with van der Waals surface area (Å²) in [5, 5.41) is 27.7. The van der Waals surface area contributed by atoms with Crippen LogP contribution in [0.3, 0.4) is 0 Å². The molecule has 2 aliphatic carbocycles. The highest BCUT2D eigenvalue weighted by molar-refractivity contribution is 7.85. The number of hydrogen-bond acceptors (Lipinski definition) is 6. The molecule has 1 saturated carbocycles. The molecule has 0 saturated heterocycles. The van der Waals surface area contributed by atoms with Gasteiger partial charge in [0.25, 0.3) is 10.1 Å². The predicted molar refractivity (Wildman–Crippen MR) is 145 cm³/mol. The van der Waals surface area contributed by atoms with Gasteiger partial charge in [0.15, 0.2) is 5.96 Å². The zero-order valence-electron chi connectivity index (χ0n) is 22.4. The minimum Gasteiger partial charge on any atom is -0.481 e. The maximum atomic E-state index is 12.2. The average molecular weight is 555 g/mol. The van der Waals surface area contributed by atoms with Gasteiger partial charge in [-0.2, -0.15) is 8.42 Å². The highest BCUT2D eigenvalue weighted by atomic mass is 32.2. The van der Waals surface area contributed by atoms with Gasteiger partial charge < -0.3 is 27.0 Å². The van der Waals surface area contributed by atoms with Crippen LogP contribution >= 0.6 is 0 Å². The highest BCUT2D eigenvalue weighted by Gasteiger charge is 2.59. The molecule has 0 spiro atoms. The molecular formula is C26H42N4O7S. The number of carbonyl (C=O) groups is 2. The molecule has 4 atom stereocenters. The van der Waals surface area contributed by atoms with E-state index < -0.39 is 39.3 Å². The van der Waals surface area contributed by atoms with Crippen molar-refractivity contribution in [2.24, 2.45) is 22.8 Å². The van der Waals surface area contributed by atoms with Crippen LogP contribution in [0.4, 0.5) is 0 Å². The molecule has 0 heterocycles.